The normalized spacial score (nSPS) is 26.2. The highest BCUT2D eigenvalue weighted by atomic mass is 79.9. The van der Waals surface area contributed by atoms with Crippen LogP contribution in [0.15, 0.2) is 28.7 Å². The second-order valence-corrected chi connectivity index (χ2v) is 7.05. The summed E-state index contributed by atoms with van der Waals surface area (Å²) in [5.74, 6) is 0. The molecule has 1 saturated heterocycles. The van der Waals surface area contributed by atoms with Gasteiger partial charge in [0.2, 0.25) is 0 Å². The lowest BCUT2D eigenvalue weighted by atomic mass is 9.98. The van der Waals surface area contributed by atoms with Gasteiger partial charge >= 0.3 is 0 Å². The summed E-state index contributed by atoms with van der Waals surface area (Å²) in [5, 5.41) is 10.1. The Labute approximate surface area is 130 Å². The SMILES string of the molecule is CC1(O)CCCN(CCC(N)c2ccc(Br)cc2)CC1. The topological polar surface area (TPSA) is 49.5 Å². The van der Waals surface area contributed by atoms with Crippen molar-refractivity contribution in [3.05, 3.63) is 34.3 Å². The third-order valence-corrected chi connectivity index (χ3v) is 4.74. The zero-order valence-corrected chi connectivity index (χ0v) is 13.8. The van der Waals surface area contributed by atoms with E-state index in [-0.39, 0.29) is 6.04 Å². The molecule has 20 heavy (non-hydrogen) atoms. The van der Waals surface area contributed by atoms with E-state index in [0.29, 0.717) is 0 Å². The van der Waals surface area contributed by atoms with Gasteiger partial charge in [0.05, 0.1) is 5.60 Å². The molecule has 0 aromatic heterocycles. The number of hydrogen-bond donors (Lipinski definition) is 2. The largest absolute Gasteiger partial charge is 0.390 e. The summed E-state index contributed by atoms with van der Waals surface area (Å²) in [6, 6.07) is 8.34. The molecular formula is C16H25BrN2O. The summed E-state index contributed by atoms with van der Waals surface area (Å²) in [6.45, 7) is 5.00. The molecule has 3 nitrogen and oxygen atoms in total. The molecule has 0 spiro atoms. The molecule has 2 atom stereocenters. The molecule has 3 N–H and O–H groups in total. The highest BCUT2D eigenvalue weighted by molar-refractivity contribution is 9.10. The highest BCUT2D eigenvalue weighted by Crippen LogP contribution is 2.23. The van der Waals surface area contributed by atoms with E-state index in [0.717, 1.165) is 49.8 Å². The Morgan fingerprint density at radius 3 is 2.70 bits per heavy atom. The lowest BCUT2D eigenvalue weighted by Crippen LogP contribution is -2.30. The van der Waals surface area contributed by atoms with Gasteiger partial charge in [0.15, 0.2) is 0 Å². The quantitative estimate of drug-likeness (QED) is 0.885. The maximum atomic E-state index is 10.1. The summed E-state index contributed by atoms with van der Waals surface area (Å²) in [5.41, 5.74) is 6.97. The Hall–Kier alpha value is -0.420. The predicted octanol–water partition coefficient (Wildman–Crippen LogP) is 3.08. The van der Waals surface area contributed by atoms with E-state index < -0.39 is 5.60 Å². The van der Waals surface area contributed by atoms with Crippen LogP contribution in [0, 0.1) is 0 Å². The molecule has 1 heterocycles. The monoisotopic (exact) mass is 340 g/mol. The van der Waals surface area contributed by atoms with Gasteiger partial charge in [-0.15, -0.1) is 0 Å². The van der Waals surface area contributed by atoms with Crippen molar-refractivity contribution < 1.29 is 5.11 Å². The lowest BCUT2D eigenvalue weighted by molar-refractivity contribution is 0.0446. The zero-order valence-electron chi connectivity index (χ0n) is 12.2. The fraction of sp³-hybridized carbons (Fsp3) is 0.625. The van der Waals surface area contributed by atoms with Gasteiger partial charge in [-0.2, -0.15) is 0 Å². The highest BCUT2D eigenvalue weighted by Gasteiger charge is 2.24. The van der Waals surface area contributed by atoms with Crippen molar-refractivity contribution in [2.75, 3.05) is 19.6 Å². The van der Waals surface area contributed by atoms with Gasteiger partial charge < -0.3 is 15.7 Å². The van der Waals surface area contributed by atoms with Crippen LogP contribution in [0.5, 0.6) is 0 Å². The molecule has 1 fully saturated rings. The molecule has 0 radical (unpaired) electrons. The molecule has 1 aliphatic heterocycles. The number of nitrogens with zero attached hydrogens (tertiary/aromatic N) is 1. The minimum atomic E-state index is -0.484. The van der Waals surface area contributed by atoms with Crippen LogP contribution < -0.4 is 5.73 Å². The van der Waals surface area contributed by atoms with Crippen LogP contribution in [-0.4, -0.2) is 35.2 Å². The van der Waals surface area contributed by atoms with Crippen LogP contribution in [0.2, 0.25) is 0 Å². The van der Waals surface area contributed by atoms with Crippen molar-refractivity contribution in [1.82, 2.24) is 4.90 Å². The average molecular weight is 341 g/mol. The fourth-order valence-corrected chi connectivity index (χ4v) is 3.01. The van der Waals surface area contributed by atoms with Crippen LogP contribution in [0.1, 0.15) is 44.2 Å². The first kappa shape index (κ1) is 16.0. The number of likely N-dealkylation sites (tertiary alicyclic amines) is 1. The Morgan fingerprint density at radius 1 is 1.30 bits per heavy atom. The lowest BCUT2D eigenvalue weighted by Gasteiger charge is -2.23. The molecule has 0 aliphatic carbocycles. The summed E-state index contributed by atoms with van der Waals surface area (Å²) >= 11 is 3.44. The Morgan fingerprint density at radius 2 is 2.00 bits per heavy atom. The minimum Gasteiger partial charge on any atom is -0.390 e. The van der Waals surface area contributed by atoms with E-state index in [9.17, 15) is 5.11 Å². The second kappa shape index (κ2) is 7.03. The van der Waals surface area contributed by atoms with Crippen molar-refractivity contribution in [2.45, 2.75) is 44.2 Å². The number of halogens is 1. The van der Waals surface area contributed by atoms with Crippen molar-refractivity contribution >= 4 is 15.9 Å². The van der Waals surface area contributed by atoms with Gasteiger partial charge in [-0.05, 0) is 63.4 Å². The standard InChI is InChI=1S/C16H25BrN2O/c1-16(20)8-2-10-19(12-9-16)11-7-15(18)13-3-5-14(17)6-4-13/h3-6,15,20H,2,7-12,18H2,1H3. The summed E-state index contributed by atoms with van der Waals surface area (Å²) in [7, 11) is 0. The van der Waals surface area contributed by atoms with E-state index in [1.54, 1.807) is 0 Å². The minimum absolute atomic E-state index is 0.0897. The molecule has 2 unspecified atom stereocenters. The molecule has 112 valence electrons. The number of benzene rings is 1. The predicted molar refractivity (Wildman–Crippen MR) is 86.6 cm³/mol. The van der Waals surface area contributed by atoms with Crippen molar-refractivity contribution in [1.29, 1.82) is 0 Å². The Bertz CT molecular complexity index is 419. The first-order chi connectivity index (χ1) is 9.46. The smallest absolute Gasteiger partial charge is 0.0632 e. The number of nitrogens with two attached hydrogens (primary N) is 1. The zero-order chi connectivity index (χ0) is 14.6. The van der Waals surface area contributed by atoms with Crippen LogP contribution in [-0.2, 0) is 0 Å². The molecule has 0 amide bonds. The molecule has 0 bridgehead atoms. The average Bonchev–Trinajstić information content (AvgIpc) is 2.58. The van der Waals surface area contributed by atoms with E-state index in [1.165, 1.54) is 5.56 Å². The van der Waals surface area contributed by atoms with Crippen molar-refractivity contribution in [3.63, 3.8) is 0 Å². The number of rotatable bonds is 4. The first-order valence-electron chi connectivity index (χ1n) is 7.42. The summed E-state index contributed by atoms with van der Waals surface area (Å²) in [4.78, 5) is 2.43. The first-order valence-corrected chi connectivity index (χ1v) is 8.21. The maximum absolute atomic E-state index is 10.1. The van der Waals surface area contributed by atoms with Crippen molar-refractivity contribution in [3.8, 4) is 0 Å². The fourth-order valence-electron chi connectivity index (χ4n) is 2.74. The molecule has 2 rings (SSSR count). The van der Waals surface area contributed by atoms with E-state index >= 15 is 0 Å². The van der Waals surface area contributed by atoms with Crippen LogP contribution >= 0.6 is 15.9 Å². The van der Waals surface area contributed by atoms with Gasteiger partial charge in [0, 0.05) is 17.1 Å². The van der Waals surface area contributed by atoms with Crippen LogP contribution in [0.25, 0.3) is 0 Å². The van der Waals surface area contributed by atoms with Crippen LogP contribution in [0.3, 0.4) is 0 Å². The molecule has 1 aromatic carbocycles. The summed E-state index contributed by atoms with van der Waals surface area (Å²) < 4.78 is 1.09. The van der Waals surface area contributed by atoms with Gasteiger partial charge in [-0.3, -0.25) is 0 Å². The second-order valence-electron chi connectivity index (χ2n) is 6.14. The third-order valence-electron chi connectivity index (χ3n) is 4.21. The number of aliphatic hydroxyl groups is 1. The van der Waals surface area contributed by atoms with Gasteiger partial charge in [-0.1, -0.05) is 28.1 Å². The molecule has 1 aliphatic rings. The Kier molecular flexibility index (Phi) is 5.61. The van der Waals surface area contributed by atoms with E-state index in [4.69, 9.17) is 5.73 Å². The molecule has 1 aromatic rings. The molecule has 4 heteroatoms. The van der Waals surface area contributed by atoms with Crippen molar-refractivity contribution in [2.24, 2.45) is 5.73 Å². The van der Waals surface area contributed by atoms with Crippen LogP contribution in [0.4, 0.5) is 0 Å². The van der Waals surface area contributed by atoms with E-state index in [1.807, 2.05) is 19.1 Å². The van der Waals surface area contributed by atoms with Gasteiger partial charge in [0.25, 0.3) is 0 Å². The Balaban J connectivity index is 1.81. The number of hydrogen-bond acceptors (Lipinski definition) is 3. The molecule has 0 saturated carbocycles. The van der Waals surface area contributed by atoms with E-state index in [2.05, 4.69) is 33.0 Å². The summed E-state index contributed by atoms with van der Waals surface area (Å²) in [6.07, 6.45) is 3.80. The van der Waals surface area contributed by atoms with Gasteiger partial charge in [0.1, 0.15) is 0 Å². The third kappa shape index (κ3) is 4.85. The maximum Gasteiger partial charge on any atom is 0.0632 e. The van der Waals surface area contributed by atoms with Gasteiger partial charge in [-0.25, -0.2) is 0 Å². The molecular weight excluding hydrogens is 316 g/mol.